The average molecular weight is 260 g/mol. The van der Waals surface area contributed by atoms with E-state index in [-0.39, 0.29) is 0 Å². The maximum absolute atomic E-state index is 11.5. The molecule has 0 aliphatic rings. The molecule has 5 nitrogen and oxygen atoms in total. The second-order valence-electron chi connectivity index (χ2n) is 4.18. The van der Waals surface area contributed by atoms with Gasteiger partial charge in [-0.25, -0.2) is 4.79 Å². The molecular weight excluding hydrogens is 244 g/mol. The molecule has 0 saturated carbocycles. The minimum Gasteiger partial charge on any atom is -0.497 e. The molecule has 2 rings (SSSR count). The van der Waals surface area contributed by atoms with E-state index >= 15 is 0 Å². The smallest absolute Gasteiger partial charge is 0.341 e. The van der Waals surface area contributed by atoms with E-state index in [1.54, 1.807) is 13.2 Å². The number of methoxy groups -OCH3 is 2. The molecule has 1 aromatic heterocycles. The van der Waals surface area contributed by atoms with E-state index < -0.39 is 5.97 Å². The monoisotopic (exact) mass is 260 g/mol. The van der Waals surface area contributed by atoms with Crippen molar-refractivity contribution in [2.45, 2.75) is 6.92 Å². The number of hydrogen-bond acceptors (Lipinski definition) is 4. The van der Waals surface area contributed by atoms with Gasteiger partial charge in [-0.3, -0.25) is 0 Å². The van der Waals surface area contributed by atoms with Crippen molar-refractivity contribution in [1.82, 2.24) is 4.98 Å². The van der Waals surface area contributed by atoms with Crippen LogP contribution in [0.5, 0.6) is 5.75 Å². The fraction of sp³-hybridized carbons (Fsp3) is 0.214. The molecule has 0 unspecified atom stereocenters. The minimum absolute atomic E-state index is 0.303. The molecule has 1 aromatic carbocycles. The van der Waals surface area contributed by atoms with Gasteiger partial charge in [0.15, 0.2) is 0 Å². The summed E-state index contributed by atoms with van der Waals surface area (Å²) in [6, 6.07) is 7.39. The van der Waals surface area contributed by atoms with Crippen LogP contribution >= 0.6 is 0 Å². The maximum Gasteiger partial charge on any atom is 0.341 e. The number of hydrogen-bond donors (Lipinski definition) is 2. The van der Waals surface area contributed by atoms with Gasteiger partial charge in [-0.15, -0.1) is 0 Å². The largest absolute Gasteiger partial charge is 0.497 e. The Morgan fingerprint density at radius 1 is 1.26 bits per heavy atom. The van der Waals surface area contributed by atoms with Crippen LogP contribution in [-0.4, -0.2) is 25.2 Å². The third-order valence-electron chi connectivity index (χ3n) is 2.98. The summed E-state index contributed by atoms with van der Waals surface area (Å²) >= 11 is 0. The van der Waals surface area contributed by atoms with Gasteiger partial charge in [-0.2, -0.15) is 0 Å². The first-order valence-electron chi connectivity index (χ1n) is 5.78. The molecule has 0 saturated heterocycles. The molecule has 0 aliphatic heterocycles. The molecule has 19 heavy (non-hydrogen) atoms. The summed E-state index contributed by atoms with van der Waals surface area (Å²) in [5.41, 5.74) is 8.88. The van der Waals surface area contributed by atoms with E-state index in [2.05, 4.69) is 9.72 Å². The number of H-pyrrole nitrogens is 1. The SMILES string of the molecule is COC(=O)c1cc(-c2ccc(OC)cc2C)[nH]c1N. The highest BCUT2D eigenvalue weighted by Gasteiger charge is 2.15. The summed E-state index contributed by atoms with van der Waals surface area (Å²) in [7, 11) is 2.95. The third-order valence-corrected chi connectivity index (χ3v) is 2.98. The second kappa shape index (κ2) is 5.06. The van der Waals surface area contributed by atoms with Crippen LogP contribution in [0.25, 0.3) is 11.3 Å². The number of ether oxygens (including phenoxy) is 2. The van der Waals surface area contributed by atoms with Crippen molar-refractivity contribution in [3.8, 4) is 17.0 Å². The first-order chi connectivity index (χ1) is 9.06. The van der Waals surface area contributed by atoms with Gasteiger partial charge in [0.1, 0.15) is 17.1 Å². The molecule has 0 atom stereocenters. The Morgan fingerprint density at radius 3 is 2.58 bits per heavy atom. The number of aromatic amines is 1. The van der Waals surface area contributed by atoms with Crippen LogP contribution in [-0.2, 0) is 4.74 Å². The van der Waals surface area contributed by atoms with Crippen molar-refractivity contribution >= 4 is 11.8 Å². The number of nitrogens with one attached hydrogen (secondary N) is 1. The van der Waals surface area contributed by atoms with E-state index in [1.165, 1.54) is 7.11 Å². The van der Waals surface area contributed by atoms with E-state index in [1.807, 2.05) is 25.1 Å². The predicted octanol–water partition coefficient (Wildman–Crippen LogP) is 2.37. The fourth-order valence-corrected chi connectivity index (χ4v) is 1.96. The zero-order valence-electron chi connectivity index (χ0n) is 11.1. The zero-order chi connectivity index (χ0) is 14.0. The highest BCUT2D eigenvalue weighted by Crippen LogP contribution is 2.29. The van der Waals surface area contributed by atoms with Gasteiger partial charge >= 0.3 is 5.97 Å². The number of aromatic nitrogens is 1. The highest BCUT2D eigenvalue weighted by molar-refractivity contribution is 5.96. The van der Waals surface area contributed by atoms with Gasteiger partial charge in [0.05, 0.1) is 14.2 Å². The van der Waals surface area contributed by atoms with Crippen LogP contribution in [0.3, 0.4) is 0 Å². The summed E-state index contributed by atoms with van der Waals surface area (Å²) in [5.74, 6) is 0.636. The summed E-state index contributed by atoms with van der Waals surface area (Å²) in [6.45, 7) is 1.96. The molecule has 0 spiro atoms. The van der Waals surface area contributed by atoms with Crippen molar-refractivity contribution in [3.05, 3.63) is 35.4 Å². The highest BCUT2D eigenvalue weighted by atomic mass is 16.5. The van der Waals surface area contributed by atoms with Gasteiger partial charge in [-0.1, -0.05) is 0 Å². The van der Waals surface area contributed by atoms with E-state index in [0.717, 1.165) is 22.6 Å². The number of rotatable bonds is 3. The number of nitrogens with two attached hydrogens (primary N) is 1. The van der Waals surface area contributed by atoms with Crippen molar-refractivity contribution in [3.63, 3.8) is 0 Å². The molecule has 1 heterocycles. The first-order valence-corrected chi connectivity index (χ1v) is 5.78. The number of benzene rings is 1. The lowest BCUT2D eigenvalue weighted by Crippen LogP contribution is -2.02. The Morgan fingerprint density at radius 2 is 2.00 bits per heavy atom. The van der Waals surface area contributed by atoms with Gasteiger partial charge in [0.25, 0.3) is 0 Å². The Hall–Kier alpha value is -2.43. The minimum atomic E-state index is -0.453. The lowest BCUT2D eigenvalue weighted by Gasteiger charge is -2.06. The average Bonchev–Trinajstić information content (AvgIpc) is 2.79. The quantitative estimate of drug-likeness (QED) is 0.830. The van der Waals surface area contributed by atoms with E-state index in [4.69, 9.17) is 10.5 Å². The molecule has 3 N–H and O–H groups in total. The molecular formula is C14H16N2O3. The Bertz CT molecular complexity index is 617. The van der Waals surface area contributed by atoms with Crippen LogP contribution < -0.4 is 10.5 Å². The van der Waals surface area contributed by atoms with Crippen LogP contribution in [0.4, 0.5) is 5.82 Å². The van der Waals surface area contributed by atoms with Gasteiger partial charge in [0.2, 0.25) is 0 Å². The molecule has 0 radical (unpaired) electrons. The molecule has 0 bridgehead atoms. The standard InChI is InChI=1S/C14H16N2O3/c1-8-6-9(18-2)4-5-10(8)12-7-11(13(15)16-12)14(17)19-3/h4-7,16H,15H2,1-3H3. The molecule has 100 valence electrons. The molecule has 0 aliphatic carbocycles. The number of aryl methyl sites for hydroxylation is 1. The summed E-state index contributed by atoms with van der Waals surface area (Å²) in [4.78, 5) is 14.5. The van der Waals surface area contributed by atoms with Crippen molar-refractivity contribution in [1.29, 1.82) is 0 Å². The van der Waals surface area contributed by atoms with Crippen molar-refractivity contribution in [2.24, 2.45) is 0 Å². The van der Waals surface area contributed by atoms with Gasteiger partial charge in [-0.05, 0) is 36.8 Å². The van der Waals surface area contributed by atoms with E-state index in [9.17, 15) is 4.79 Å². The summed E-state index contributed by atoms with van der Waals surface area (Å²) in [6.07, 6.45) is 0. The van der Waals surface area contributed by atoms with Crippen molar-refractivity contribution in [2.75, 3.05) is 20.0 Å². The third kappa shape index (κ3) is 2.40. The van der Waals surface area contributed by atoms with Gasteiger partial charge in [0, 0.05) is 11.3 Å². The van der Waals surface area contributed by atoms with Crippen molar-refractivity contribution < 1.29 is 14.3 Å². The number of carbonyl (C=O) groups excluding carboxylic acids is 1. The number of nitrogen functional groups attached to an aromatic ring is 1. The Balaban J connectivity index is 2.45. The van der Waals surface area contributed by atoms with Crippen LogP contribution in [0.2, 0.25) is 0 Å². The number of carbonyl (C=O) groups is 1. The van der Waals surface area contributed by atoms with Crippen LogP contribution in [0.15, 0.2) is 24.3 Å². The van der Waals surface area contributed by atoms with Gasteiger partial charge < -0.3 is 20.2 Å². The Labute approximate surface area is 111 Å². The normalized spacial score (nSPS) is 10.3. The molecule has 5 heteroatoms. The predicted molar refractivity (Wildman–Crippen MR) is 73.3 cm³/mol. The number of esters is 1. The molecule has 0 amide bonds. The lowest BCUT2D eigenvalue weighted by molar-refractivity contribution is 0.0602. The van der Waals surface area contributed by atoms with Crippen LogP contribution in [0.1, 0.15) is 15.9 Å². The second-order valence-corrected chi connectivity index (χ2v) is 4.18. The fourth-order valence-electron chi connectivity index (χ4n) is 1.96. The van der Waals surface area contributed by atoms with E-state index in [0.29, 0.717) is 11.4 Å². The summed E-state index contributed by atoms with van der Waals surface area (Å²) < 4.78 is 9.84. The first kappa shape index (κ1) is 13.0. The molecule has 2 aromatic rings. The zero-order valence-corrected chi connectivity index (χ0v) is 11.1. The Kier molecular flexibility index (Phi) is 3.46. The maximum atomic E-state index is 11.5. The molecule has 0 fully saturated rings. The summed E-state index contributed by atoms with van der Waals surface area (Å²) in [5, 5.41) is 0. The topological polar surface area (TPSA) is 77.3 Å². The number of anilines is 1. The van der Waals surface area contributed by atoms with Crippen LogP contribution in [0, 0.1) is 6.92 Å². The lowest BCUT2D eigenvalue weighted by atomic mass is 10.1.